The first kappa shape index (κ1) is 21.6. The minimum absolute atomic E-state index is 0.000393. The van der Waals surface area contributed by atoms with Gasteiger partial charge in [-0.1, -0.05) is 22.8 Å². The van der Waals surface area contributed by atoms with Gasteiger partial charge < -0.3 is 15.4 Å². The zero-order valence-electron chi connectivity index (χ0n) is 16.1. The second-order valence-electron chi connectivity index (χ2n) is 6.90. The Labute approximate surface area is 175 Å². The van der Waals surface area contributed by atoms with Gasteiger partial charge in [0.15, 0.2) is 11.6 Å². The fourth-order valence-corrected chi connectivity index (χ4v) is 3.22. The summed E-state index contributed by atoms with van der Waals surface area (Å²) in [6, 6.07) is 4.91. The average Bonchev–Trinajstić information content (AvgIpc) is 3.14. The van der Waals surface area contributed by atoms with E-state index in [2.05, 4.69) is 15.5 Å². The third-order valence-electron chi connectivity index (χ3n) is 4.63. The van der Waals surface area contributed by atoms with Gasteiger partial charge >= 0.3 is 0 Å². The van der Waals surface area contributed by atoms with Crippen LogP contribution in [0.25, 0.3) is 0 Å². The van der Waals surface area contributed by atoms with Gasteiger partial charge in [0, 0.05) is 32.5 Å². The van der Waals surface area contributed by atoms with Crippen LogP contribution in [0.1, 0.15) is 16.7 Å². The van der Waals surface area contributed by atoms with Crippen LogP contribution in [0.15, 0.2) is 34.4 Å². The van der Waals surface area contributed by atoms with Crippen LogP contribution in [-0.2, 0) is 17.6 Å². The molecule has 0 saturated heterocycles. The summed E-state index contributed by atoms with van der Waals surface area (Å²) >= 11 is 5.78. The number of amides is 1. The van der Waals surface area contributed by atoms with Crippen molar-refractivity contribution in [1.82, 2.24) is 4.90 Å². The number of carbonyl (C=O) groups is 1. The summed E-state index contributed by atoms with van der Waals surface area (Å²) in [5.74, 6) is -2.81. The Morgan fingerprint density at radius 2 is 1.97 bits per heavy atom. The number of hydrogen-bond acceptors (Lipinski definition) is 4. The van der Waals surface area contributed by atoms with Crippen LogP contribution in [0, 0.1) is 17.5 Å². The molecule has 0 radical (unpaired) electrons. The third-order valence-corrected chi connectivity index (χ3v) is 4.92. The number of halogens is 4. The molecular weight excluding hydrogens is 421 g/mol. The molecule has 2 N–H and O–H groups in total. The van der Waals surface area contributed by atoms with Crippen LogP contribution in [0.5, 0.6) is 0 Å². The normalized spacial score (nSPS) is 14.6. The number of hydrogen-bond donors (Lipinski definition) is 2. The van der Waals surface area contributed by atoms with Crippen molar-refractivity contribution < 1.29 is 23.2 Å². The fraction of sp³-hybridized carbons (Fsp3) is 0.250. The zero-order valence-corrected chi connectivity index (χ0v) is 16.9. The highest BCUT2D eigenvalue weighted by Gasteiger charge is 2.28. The number of nitrogens with zero attached hydrogens (tertiary/aromatic N) is 3. The monoisotopic (exact) mass is 438 g/mol. The van der Waals surface area contributed by atoms with E-state index >= 15 is 0 Å². The number of aliphatic imine (C=N–C) groups is 1. The Balaban J connectivity index is 1.94. The molecule has 2 aromatic rings. The summed E-state index contributed by atoms with van der Waals surface area (Å²) in [6.45, 7) is -0.155. The van der Waals surface area contributed by atoms with Gasteiger partial charge in [0.2, 0.25) is 5.91 Å². The van der Waals surface area contributed by atoms with E-state index in [4.69, 9.17) is 11.6 Å². The molecule has 0 spiro atoms. The highest BCUT2D eigenvalue weighted by atomic mass is 35.5. The van der Waals surface area contributed by atoms with Crippen molar-refractivity contribution in [3.63, 3.8) is 0 Å². The van der Waals surface area contributed by atoms with E-state index in [-0.39, 0.29) is 53.1 Å². The van der Waals surface area contributed by atoms with E-state index < -0.39 is 17.5 Å². The van der Waals surface area contributed by atoms with Gasteiger partial charge in [0.25, 0.3) is 0 Å². The number of fused-ring (bicyclic) bond motifs is 1. The molecule has 0 fully saturated rings. The predicted molar refractivity (Wildman–Crippen MR) is 108 cm³/mol. The second kappa shape index (κ2) is 8.74. The van der Waals surface area contributed by atoms with E-state index in [1.807, 2.05) is 0 Å². The van der Waals surface area contributed by atoms with Crippen molar-refractivity contribution in [1.29, 1.82) is 0 Å². The summed E-state index contributed by atoms with van der Waals surface area (Å²) in [5.41, 5.74) is 0.943. The molecule has 1 aliphatic rings. The molecule has 158 valence electrons. The maximum Gasteiger partial charge on any atom is 0.243 e. The summed E-state index contributed by atoms with van der Waals surface area (Å²) in [6.07, 6.45) is 0.0887. The molecule has 30 heavy (non-hydrogen) atoms. The molecule has 0 aromatic heterocycles. The van der Waals surface area contributed by atoms with Gasteiger partial charge in [0.1, 0.15) is 18.2 Å². The largest absolute Gasteiger partial charge is 0.411 e. The van der Waals surface area contributed by atoms with E-state index in [9.17, 15) is 23.2 Å². The molecule has 1 amide bonds. The lowest BCUT2D eigenvalue weighted by Crippen LogP contribution is -2.25. The first-order valence-corrected chi connectivity index (χ1v) is 9.25. The molecule has 0 aliphatic carbocycles. The topological polar surface area (TPSA) is 77.3 Å². The minimum Gasteiger partial charge on any atom is -0.411 e. The Bertz CT molecular complexity index is 1070. The number of nitrogens with one attached hydrogen (secondary N) is 1. The first-order valence-electron chi connectivity index (χ1n) is 8.87. The Hall–Kier alpha value is -3.07. The molecule has 1 aliphatic heterocycles. The van der Waals surface area contributed by atoms with Crippen molar-refractivity contribution in [3.8, 4) is 0 Å². The molecule has 2 aromatic carbocycles. The molecule has 0 unspecified atom stereocenters. The lowest BCUT2D eigenvalue weighted by atomic mass is 9.95. The maximum absolute atomic E-state index is 14.3. The number of anilines is 1. The molecule has 10 heteroatoms. The highest BCUT2D eigenvalue weighted by Crippen LogP contribution is 2.33. The van der Waals surface area contributed by atoms with E-state index in [1.165, 1.54) is 17.0 Å². The molecule has 3 rings (SSSR count). The second-order valence-corrected chi connectivity index (χ2v) is 7.31. The molecule has 6 nitrogen and oxygen atoms in total. The number of benzene rings is 2. The molecule has 0 saturated carbocycles. The van der Waals surface area contributed by atoms with E-state index in [0.29, 0.717) is 11.1 Å². The SMILES string of the molecule is CN(C)C(=O)CN=C1Cc2c(/C(Cc3ccc(F)c(Cl)c3)=N/O)cc(F)c(F)c2N1. The predicted octanol–water partition coefficient (Wildman–Crippen LogP) is 3.63. The van der Waals surface area contributed by atoms with Gasteiger partial charge in [-0.15, -0.1) is 0 Å². The lowest BCUT2D eigenvalue weighted by molar-refractivity contribution is -0.127. The van der Waals surface area contributed by atoms with E-state index in [0.717, 1.165) is 12.1 Å². The van der Waals surface area contributed by atoms with Crippen molar-refractivity contribution >= 4 is 34.7 Å². The fourth-order valence-electron chi connectivity index (χ4n) is 3.02. The number of carbonyl (C=O) groups excluding carboxylic acids is 1. The van der Waals surface area contributed by atoms with Gasteiger partial charge in [-0.2, -0.15) is 0 Å². The minimum atomic E-state index is -1.14. The summed E-state index contributed by atoms with van der Waals surface area (Å²) < 4.78 is 41.9. The molecule has 0 bridgehead atoms. The smallest absolute Gasteiger partial charge is 0.243 e. The van der Waals surface area contributed by atoms with Crippen molar-refractivity contribution in [2.24, 2.45) is 10.1 Å². The number of oxime groups is 1. The first-order chi connectivity index (χ1) is 14.2. The van der Waals surface area contributed by atoms with Crippen molar-refractivity contribution in [2.45, 2.75) is 12.8 Å². The average molecular weight is 439 g/mol. The Morgan fingerprint density at radius 1 is 1.23 bits per heavy atom. The van der Waals surface area contributed by atoms with Crippen LogP contribution in [0.2, 0.25) is 5.02 Å². The van der Waals surface area contributed by atoms with Crippen molar-refractivity contribution in [2.75, 3.05) is 26.0 Å². The van der Waals surface area contributed by atoms with Crippen LogP contribution in [-0.4, -0.2) is 48.2 Å². The molecule has 1 heterocycles. The number of amidine groups is 1. The van der Waals surface area contributed by atoms with Gasteiger partial charge in [-0.3, -0.25) is 9.79 Å². The lowest BCUT2D eigenvalue weighted by Gasteiger charge is -2.11. The number of likely N-dealkylation sites (N-methyl/N-ethyl adjacent to an activating group) is 1. The summed E-state index contributed by atoms with van der Waals surface area (Å²) in [7, 11) is 3.16. The van der Waals surface area contributed by atoms with Gasteiger partial charge in [0.05, 0.1) is 16.4 Å². The third kappa shape index (κ3) is 4.40. The maximum atomic E-state index is 14.3. The quantitative estimate of drug-likeness (QED) is 0.425. The molecular formula is C20H18ClF3N4O2. The zero-order chi connectivity index (χ0) is 22.0. The number of rotatable bonds is 5. The van der Waals surface area contributed by atoms with Crippen molar-refractivity contribution in [3.05, 3.63) is 63.4 Å². The highest BCUT2D eigenvalue weighted by molar-refractivity contribution is 6.30. The van der Waals surface area contributed by atoms with Crippen LogP contribution >= 0.6 is 11.6 Å². The Kier molecular flexibility index (Phi) is 6.31. The van der Waals surface area contributed by atoms with Gasteiger partial charge in [-0.05, 0) is 29.3 Å². The van der Waals surface area contributed by atoms with Crippen LogP contribution in [0.4, 0.5) is 18.9 Å². The van der Waals surface area contributed by atoms with Gasteiger partial charge in [-0.25, -0.2) is 13.2 Å². The van der Waals surface area contributed by atoms with Crippen LogP contribution < -0.4 is 5.32 Å². The summed E-state index contributed by atoms with van der Waals surface area (Å²) in [5, 5.41) is 15.3. The summed E-state index contributed by atoms with van der Waals surface area (Å²) in [4.78, 5) is 17.2. The van der Waals surface area contributed by atoms with Crippen LogP contribution in [0.3, 0.4) is 0 Å². The Morgan fingerprint density at radius 3 is 2.60 bits per heavy atom. The van der Waals surface area contributed by atoms with E-state index in [1.54, 1.807) is 14.1 Å². The molecule has 0 atom stereocenters. The standard InChI is InChI=1S/C20H18ClF3N4O2/c1-28(2)18(29)9-25-17-8-12-11(7-15(23)19(24)20(12)26-17)16(27-30)6-10-3-4-14(22)13(21)5-10/h3-5,7,30H,6,8-9H2,1-2H3,(H,25,26)/b27-16+.